The third-order valence-electron chi connectivity index (χ3n) is 2.48. The Morgan fingerprint density at radius 3 is 2.53 bits per heavy atom. The van der Waals surface area contributed by atoms with Gasteiger partial charge in [-0.15, -0.1) is 0 Å². The molecule has 0 aliphatic heterocycles. The quantitative estimate of drug-likeness (QED) is 0.869. The molecule has 0 fully saturated rings. The Balaban J connectivity index is 2.18. The van der Waals surface area contributed by atoms with E-state index in [0.717, 1.165) is 16.9 Å². The van der Waals surface area contributed by atoms with Gasteiger partial charge >= 0.3 is 0 Å². The Bertz CT molecular complexity index is 511. The largest absolute Gasteiger partial charge is 0.366 e. The molecule has 1 aromatic carbocycles. The average molecular weight is 223 g/mol. The minimum absolute atomic E-state index is 0.370. The first-order chi connectivity index (χ1) is 8.29. The van der Waals surface area contributed by atoms with Gasteiger partial charge in [0.15, 0.2) is 0 Å². The van der Waals surface area contributed by atoms with Crippen molar-refractivity contribution in [3.8, 4) is 6.07 Å². The summed E-state index contributed by atoms with van der Waals surface area (Å²) in [6.07, 6.45) is 1.74. The predicted octanol–water partition coefficient (Wildman–Crippen LogP) is 3.07. The molecule has 1 unspecified atom stereocenters. The van der Waals surface area contributed by atoms with E-state index >= 15 is 0 Å². The molecule has 2 aromatic rings. The summed E-state index contributed by atoms with van der Waals surface area (Å²) < 4.78 is 0. The first-order valence-electron chi connectivity index (χ1n) is 5.43. The number of benzene rings is 1. The zero-order chi connectivity index (χ0) is 12.1. The monoisotopic (exact) mass is 223 g/mol. The molecule has 0 radical (unpaired) electrons. The summed E-state index contributed by atoms with van der Waals surface area (Å²) in [5, 5.41) is 12.3. The van der Waals surface area contributed by atoms with Crippen LogP contribution in [0.5, 0.6) is 0 Å². The van der Waals surface area contributed by atoms with Crippen molar-refractivity contribution in [2.24, 2.45) is 0 Å². The Kier molecular flexibility index (Phi) is 3.37. The van der Waals surface area contributed by atoms with Crippen molar-refractivity contribution in [2.45, 2.75) is 13.0 Å². The smallest absolute Gasteiger partial charge is 0.141 e. The van der Waals surface area contributed by atoms with E-state index in [1.165, 1.54) is 0 Å². The van der Waals surface area contributed by atoms with Crippen molar-refractivity contribution in [1.82, 2.24) is 4.98 Å². The zero-order valence-corrected chi connectivity index (χ0v) is 9.59. The van der Waals surface area contributed by atoms with E-state index in [0.29, 0.717) is 0 Å². The van der Waals surface area contributed by atoms with Crippen LogP contribution < -0.4 is 5.32 Å². The Morgan fingerprint density at radius 1 is 1.18 bits per heavy atom. The van der Waals surface area contributed by atoms with Gasteiger partial charge in [0.2, 0.25) is 0 Å². The van der Waals surface area contributed by atoms with Crippen LogP contribution >= 0.6 is 0 Å². The molecular formula is C14H13N3. The van der Waals surface area contributed by atoms with Crippen molar-refractivity contribution in [3.63, 3.8) is 0 Å². The molecule has 3 nitrogen and oxygen atoms in total. The molecule has 84 valence electrons. The van der Waals surface area contributed by atoms with Crippen molar-refractivity contribution >= 4 is 5.69 Å². The fourth-order valence-electron chi connectivity index (χ4n) is 1.54. The highest BCUT2D eigenvalue weighted by molar-refractivity contribution is 5.46. The summed E-state index contributed by atoms with van der Waals surface area (Å²) >= 11 is 0. The van der Waals surface area contributed by atoms with Gasteiger partial charge in [-0.25, -0.2) is 0 Å². The lowest BCUT2D eigenvalue weighted by atomic mass is 10.1. The first kappa shape index (κ1) is 11.2. The SMILES string of the molecule is Cc1ccc(C(C#N)Nc2ccccc2)cn1. The lowest BCUT2D eigenvalue weighted by Crippen LogP contribution is -2.08. The highest BCUT2D eigenvalue weighted by atomic mass is 14.9. The van der Waals surface area contributed by atoms with Gasteiger partial charge in [-0.1, -0.05) is 24.3 Å². The van der Waals surface area contributed by atoms with Crippen LogP contribution in [0.2, 0.25) is 0 Å². The second kappa shape index (κ2) is 5.13. The summed E-state index contributed by atoms with van der Waals surface area (Å²) in [4.78, 5) is 4.20. The second-order valence-corrected chi connectivity index (χ2v) is 3.81. The maximum absolute atomic E-state index is 9.17. The van der Waals surface area contributed by atoms with Crippen LogP contribution in [0.15, 0.2) is 48.7 Å². The number of aryl methyl sites for hydroxylation is 1. The molecule has 1 heterocycles. The van der Waals surface area contributed by atoms with E-state index < -0.39 is 0 Å². The molecule has 0 bridgehead atoms. The molecule has 3 heteroatoms. The zero-order valence-electron chi connectivity index (χ0n) is 9.59. The standard InChI is InChI=1S/C14H13N3/c1-11-7-8-12(10-16-11)14(9-15)17-13-5-3-2-4-6-13/h2-8,10,14,17H,1H3. The number of hydrogen-bond acceptors (Lipinski definition) is 3. The molecule has 1 aromatic heterocycles. The third-order valence-corrected chi connectivity index (χ3v) is 2.48. The fraction of sp³-hybridized carbons (Fsp3) is 0.143. The van der Waals surface area contributed by atoms with Crippen LogP contribution in [0.3, 0.4) is 0 Å². The van der Waals surface area contributed by atoms with Gasteiger partial charge in [-0.2, -0.15) is 5.26 Å². The Hall–Kier alpha value is -2.34. The van der Waals surface area contributed by atoms with E-state index in [1.54, 1.807) is 6.20 Å². The molecular weight excluding hydrogens is 210 g/mol. The number of nitriles is 1. The predicted molar refractivity (Wildman–Crippen MR) is 67.4 cm³/mol. The van der Waals surface area contributed by atoms with Crippen LogP contribution in [-0.2, 0) is 0 Å². The van der Waals surface area contributed by atoms with Crippen LogP contribution in [0.1, 0.15) is 17.3 Å². The van der Waals surface area contributed by atoms with E-state index in [1.807, 2.05) is 49.4 Å². The van der Waals surface area contributed by atoms with Crippen LogP contribution in [-0.4, -0.2) is 4.98 Å². The van der Waals surface area contributed by atoms with Gasteiger partial charge in [0.25, 0.3) is 0 Å². The highest BCUT2D eigenvalue weighted by Crippen LogP contribution is 2.18. The molecule has 0 saturated carbocycles. The number of pyridine rings is 1. The fourth-order valence-corrected chi connectivity index (χ4v) is 1.54. The summed E-state index contributed by atoms with van der Waals surface area (Å²) in [5.41, 5.74) is 2.76. The number of hydrogen-bond donors (Lipinski definition) is 1. The van der Waals surface area contributed by atoms with E-state index in [2.05, 4.69) is 16.4 Å². The Labute approximate surface area is 101 Å². The van der Waals surface area contributed by atoms with Crippen LogP contribution in [0.25, 0.3) is 0 Å². The van der Waals surface area contributed by atoms with Gasteiger partial charge in [-0.3, -0.25) is 4.98 Å². The molecule has 2 rings (SSSR count). The maximum Gasteiger partial charge on any atom is 0.141 e. The Morgan fingerprint density at radius 2 is 1.94 bits per heavy atom. The second-order valence-electron chi connectivity index (χ2n) is 3.81. The number of nitrogens with one attached hydrogen (secondary N) is 1. The number of nitrogens with zero attached hydrogens (tertiary/aromatic N) is 2. The number of rotatable bonds is 3. The summed E-state index contributed by atoms with van der Waals surface area (Å²) in [7, 11) is 0. The van der Waals surface area contributed by atoms with Gasteiger partial charge in [-0.05, 0) is 25.1 Å². The highest BCUT2D eigenvalue weighted by Gasteiger charge is 2.09. The number of aromatic nitrogens is 1. The number of anilines is 1. The van der Waals surface area contributed by atoms with Gasteiger partial charge in [0.1, 0.15) is 6.04 Å². The van der Waals surface area contributed by atoms with Gasteiger partial charge in [0.05, 0.1) is 6.07 Å². The minimum atomic E-state index is -0.370. The average Bonchev–Trinajstić information content (AvgIpc) is 2.38. The van der Waals surface area contributed by atoms with Gasteiger partial charge in [0, 0.05) is 23.1 Å². The number of para-hydroxylation sites is 1. The van der Waals surface area contributed by atoms with E-state index in [-0.39, 0.29) is 6.04 Å². The van der Waals surface area contributed by atoms with Crippen molar-refractivity contribution < 1.29 is 0 Å². The topological polar surface area (TPSA) is 48.7 Å². The molecule has 0 aliphatic rings. The molecule has 1 N–H and O–H groups in total. The van der Waals surface area contributed by atoms with Crippen molar-refractivity contribution in [3.05, 3.63) is 59.9 Å². The minimum Gasteiger partial charge on any atom is -0.366 e. The first-order valence-corrected chi connectivity index (χ1v) is 5.43. The molecule has 0 aliphatic carbocycles. The van der Waals surface area contributed by atoms with Crippen LogP contribution in [0.4, 0.5) is 5.69 Å². The molecule has 0 spiro atoms. The van der Waals surface area contributed by atoms with Crippen molar-refractivity contribution in [1.29, 1.82) is 5.26 Å². The normalized spacial score (nSPS) is 11.5. The molecule has 17 heavy (non-hydrogen) atoms. The molecule has 1 atom stereocenters. The summed E-state index contributed by atoms with van der Waals surface area (Å²) in [5.74, 6) is 0. The molecule has 0 amide bonds. The lowest BCUT2D eigenvalue weighted by molar-refractivity contribution is 0.974. The maximum atomic E-state index is 9.17. The van der Waals surface area contributed by atoms with E-state index in [9.17, 15) is 0 Å². The summed E-state index contributed by atoms with van der Waals surface area (Å²) in [6.45, 7) is 1.93. The van der Waals surface area contributed by atoms with E-state index in [4.69, 9.17) is 5.26 Å². The van der Waals surface area contributed by atoms with Crippen LogP contribution in [0, 0.1) is 18.3 Å². The van der Waals surface area contributed by atoms with Gasteiger partial charge < -0.3 is 5.32 Å². The molecule has 0 saturated heterocycles. The summed E-state index contributed by atoms with van der Waals surface area (Å²) in [6, 6.07) is 15.4. The van der Waals surface area contributed by atoms with Crippen molar-refractivity contribution in [2.75, 3.05) is 5.32 Å². The lowest BCUT2D eigenvalue weighted by Gasteiger charge is -2.12. The third kappa shape index (κ3) is 2.82.